The van der Waals surface area contributed by atoms with Gasteiger partial charge in [-0.2, -0.15) is 28.1 Å². The molecule has 0 saturated heterocycles. The maximum Gasteiger partial charge on any atom is 0.433 e. The van der Waals surface area contributed by atoms with E-state index in [1.165, 1.54) is 31.4 Å². The van der Waals surface area contributed by atoms with Crippen molar-refractivity contribution in [2.45, 2.75) is 26.1 Å². The van der Waals surface area contributed by atoms with E-state index in [0.29, 0.717) is 5.56 Å². The number of hydrogen-bond acceptors (Lipinski definition) is 7. The number of anilines is 3. The zero-order valence-corrected chi connectivity index (χ0v) is 16.3. The molecule has 11 heteroatoms. The lowest BCUT2D eigenvalue weighted by Gasteiger charge is -2.13. The Morgan fingerprint density at radius 1 is 1.00 bits per heavy atom. The van der Waals surface area contributed by atoms with Gasteiger partial charge >= 0.3 is 6.18 Å². The van der Waals surface area contributed by atoms with Crippen molar-refractivity contribution in [3.8, 4) is 17.1 Å². The summed E-state index contributed by atoms with van der Waals surface area (Å²) in [7, 11) is 1.40. The first kappa shape index (κ1) is 21.2. The molecule has 2 heterocycles. The first-order valence-electron chi connectivity index (χ1n) is 8.82. The average molecular weight is 422 g/mol. The lowest BCUT2D eigenvalue weighted by atomic mass is 10.2. The van der Waals surface area contributed by atoms with E-state index >= 15 is 0 Å². The summed E-state index contributed by atoms with van der Waals surface area (Å²) >= 11 is 0. The summed E-state index contributed by atoms with van der Waals surface area (Å²) in [6, 6.07) is 6.11. The number of aromatic nitrogens is 4. The van der Waals surface area contributed by atoms with Gasteiger partial charge in [0, 0.05) is 29.6 Å². The van der Waals surface area contributed by atoms with Crippen LogP contribution in [0.2, 0.25) is 0 Å². The van der Waals surface area contributed by atoms with E-state index in [0.717, 1.165) is 12.3 Å². The molecule has 0 bridgehead atoms. The molecular formula is C19H18F4N6O. The van der Waals surface area contributed by atoms with E-state index in [-0.39, 0.29) is 35.2 Å². The molecule has 0 aliphatic carbocycles. The molecule has 0 radical (unpaired) electrons. The fourth-order valence-electron chi connectivity index (χ4n) is 2.49. The molecule has 158 valence electrons. The highest BCUT2D eigenvalue weighted by atomic mass is 19.4. The van der Waals surface area contributed by atoms with Gasteiger partial charge in [-0.05, 0) is 38.1 Å². The van der Waals surface area contributed by atoms with E-state index in [1.54, 1.807) is 0 Å². The van der Waals surface area contributed by atoms with Crippen molar-refractivity contribution in [1.29, 1.82) is 0 Å². The normalized spacial score (nSPS) is 11.5. The van der Waals surface area contributed by atoms with Crippen molar-refractivity contribution in [1.82, 2.24) is 19.9 Å². The van der Waals surface area contributed by atoms with Gasteiger partial charge in [-0.1, -0.05) is 0 Å². The molecule has 7 nitrogen and oxygen atoms in total. The smallest absolute Gasteiger partial charge is 0.433 e. The van der Waals surface area contributed by atoms with Crippen molar-refractivity contribution in [2.75, 3.05) is 17.7 Å². The van der Waals surface area contributed by atoms with Crippen LogP contribution >= 0.6 is 0 Å². The van der Waals surface area contributed by atoms with Crippen LogP contribution in [0.5, 0.6) is 5.75 Å². The van der Waals surface area contributed by atoms with Crippen LogP contribution in [0.3, 0.4) is 0 Å². The number of alkyl halides is 3. The fraction of sp³-hybridized carbons (Fsp3) is 0.263. The van der Waals surface area contributed by atoms with Crippen molar-refractivity contribution >= 4 is 17.6 Å². The predicted molar refractivity (Wildman–Crippen MR) is 103 cm³/mol. The zero-order chi connectivity index (χ0) is 21.9. The molecule has 0 aliphatic rings. The summed E-state index contributed by atoms with van der Waals surface area (Å²) in [6.45, 7) is 3.72. The molecule has 0 atom stereocenters. The molecule has 0 aliphatic heterocycles. The van der Waals surface area contributed by atoms with Gasteiger partial charge in [-0.3, -0.25) is 4.98 Å². The quantitative estimate of drug-likeness (QED) is 0.559. The van der Waals surface area contributed by atoms with Crippen molar-refractivity contribution in [3.63, 3.8) is 0 Å². The number of nitrogens with zero attached hydrogens (tertiary/aromatic N) is 4. The predicted octanol–water partition coefficient (Wildman–Crippen LogP) is 4.66. The molecule has 0 fully saturated rings. The van der Waals surface area contributed by atoms with Crippen LogP contribution in [-0.4, -0.2) is 33.1 Å². The number of halogens is 4. The highest BCUT2D eigenvalue weighted by Crippen LogP contribution is 2.30. The molecule has 0 amide bonds. The molecule has 1 aromatic carbocycles. The summed E-state index contributed by atoms with van der Waals surface area (Å²) in [5.74, 6) is -0.0288. The number of ether oxygens (including phenoxy) is 1. The van der Waals surface area contributed by atoms with Gasteiger partial charge in [0.1, 0.15) is 17.3 Å². The van der Waals surface area contributed by atoms with Gasteiger partial charge in [0.15, 0.2) is 5.82 Å². The number of nitrogens with one attached hydrogen (secondary N) is 2. The van der Waals surface area contributed by atoms with E-state index in [4.69, 9.17) is 4.74 Å². The van der Waals surface area contributed by atoms with Crippen LogP contribution in [0.25, 0.3) is 11.4 Å². The van der Waals surface area contributed by atoms with Crippen LogP contribution in [0, 0.1) is 5.82 Å². The maximum absolute atomic E-state index is 13.9. The second kappa shape index (κ2) is 8.47. The van der Waals surface area contributed by atoms with Crippen LogP contribution in [0.1, 0.15) is 19.5 Å². The topological polar surface area (TPSA) is 84.8 Å². The molecule has 2 aromatic heterocycles. The number of pyridine rings is 1. The number of methoxy groups -OCH3 is 1. The second-order valence-corrected chi connectivity index (χ2v) is 6.54. The Labute approximate surface area is 169 Å². The molecular weight excluding hydrogens is 404 g/mol. The van der Waals surface area contributed by atoms with Crippen molar-refractivity contribution in [2.24, 2.45) is 0 Å². The minimum absolute atomic E-state index is 0.0225. The highest BCUT2D eigenvalue weighted by Gasteiger charge is 2.32. The highest BCUT2D eigenvalue weighted by molar-refractivity contribution is 5.62. The van der Waals surface area contributed by atoms with E-state index < -0.39 is 17.7 Å². The molecule has 2 N–H and O–H groups in total. The average Bonchev–Trinajstić information content (AvgIpc) is 2.66. The third-order valence-electron chi connectivity index (χ3n) is 3.72. The van der Waals surface area contributed by atoms with E-state index in [2.05, 4.69) is 30.6 Å². The Bertz CT molecular complexity index is 1040. The van der Waals surface area contributed by atoms with Gasteiger partial charge in [-0.25, -0.2) is 4.39 Å². The van der Waals surface area contributed by atoms with Crippen LogP contribution in [-0.2, 0) is 6.18 Å². The Morgan fingerprint density at radius 2 is 1.73 bits per heavy atom. The van der Waals surface area contributed by atoms with Crippen molar-refractivity contribution < 1.29 is 22.3 Å². The van der Waals surface area contributed by atoms with Crippen LogP contribution < -0.4 is 15.4 Å². The standard InChI is InChI=1S/C19H18F4N6O/c1-10(2)25-17-27-16(11-6-12(20)8-14(7-11)30-3)28-18(29-17)26-13-4-5-24-15(9-13)19(21,22)23/h4-10H,1-3H3,(H2,24,25,26,27,28,29). The minimum atomic E-state index is -4.59. The SMILES string of the molecule is COc1cc(F)cc(-c2nc(Nc3ccnc(C(F)(F)F)c3)nc(NC(C)C)n2)c1. The summed E-state index contributed by atoms with van der Waals surface area (Å²) < 4.78 is 57.7. The van der Waals surface area contributed by atoms with Gasteiger partial charge < -0.3 is 15.4 Å². The van der Waals surface area contributed by atoms with Crippen LogP contribution in [0.15, 0.2) is 36.5 Å². The third kappa shape index (κ3) is 5.31. The summed E-state index contributed by atoms with van der Waals surface area (Å²) in [6.07, 6.45) is -3.57. The Hall–Kier alpha value is -3.50. The number of benzene rings is 1. The lowest BCUT2D eigenvalue weighted by molar-refractivity contribution is -0.141. The van der Waals surface area contributed by atoms with Gasteiger partial charge in [0.05, 0.1) is 7.11 Å². The molecule has 3 aromatic rings. The Morgan fingerprint density at radius 3 is 2.40 bits per heavy atom. The van der Waals surface area contributed by atoms with Gasteiger partial charge in [0.2, 0.25) is 11.9 Å². The Balaban J connectivity index is 2.03. The lowest BCUT2D eigenvalue weighted by Crippen LogP contribution is -2.14. The maximum atomic E-state index is 13.9. The molecule has 0 unspecified atom stereocenters. The van der Waals surface area contributed by atoms with E-state index in [1.807, 2.05) is 13.8 Å². The number of hydrogen-bond donors (Lipinski definition) is 2. The summed E-state index contributed by atoms with van der Waals surface area (Å²) in [5.41, 5.74) is -0.659. The van der Waals surface area contributed by atoms with E-state index in [9.17, 15) is 17.6 Å². The molecule has 30 heavy (non-hydrogen) atoms. The first-order valence-corrected chi connectivity index (χ1v) is 8.82. The summed E-state index contributed by atoms with van der Waals surface area (Å²) in [4.78, 5) is 16.0. The van der Waals surface area contributed by atoms with Gasteiger partial charge in [0.25, 0.3) is 0 Å². The Kier molecular flexibility index (Phi) is 5.99. The van der Waals surface area contributed by atoms with Crippen LogP contribution in [0.4, 0.5) is 35.1 Å². The third-order valence-corrected chi connectivity index (χ3v) is 3.72. The fourth-order valence-corrected chi connectivity index (χ4v) is 2.49. The molecule has 0 saturated carbocycles. The summed E-state index contributed by atoms with van der Waals surface area (Å²) in [5, 5.41) is 5.72. The molecule has 0 spiro atoms. The molecule has 3 rings (SSSR count). The first-order chi connectivity index (χ1) is 14.1. The second-order valence-electron chi connectivity index (χ2n) is 6.54. The zero-order valence-electron chi connectivity index (χ0n) is 16.3. The number of rotatable bonds is 6. The van der Waals surface area contributed by atoms with Crippen molar-refractivity contribution in [3.05, 3.63) is 48.0 Å². The monoisotopic (exact) mass is 422 g/mol. The van der Waals surface area contributed by atoms with Gasteiger partial charge in [-0.15, -0.1) is 0 Å². The largest absolute Gasteiger partial charge is 0.497 e. The minimum Gasteiger partial charge on any atom is -0.497 e.